The van der Waals surface area contributed by atoms with E-state index in [9.17, 15) is 8.78 Å². The van der Waals surface area contributed by atoms with E-state index in [4.69, 9.17) is 0 Å². The maximum Gasteiger partial charge on any atom is 0.204 e. The molecule has 0 atom stereocenters. The van der Waals surface area contributed by atoms with Crippen LogP contribution in [0.5, 0.6) is 0 Å². The highest BCUT2D eigenvalue weighted by Gasteiger charge is 2.07. The number of hydrogen-bond acceptors (Lipinski definition) is 2. The molecule has 0 saturated heterocycles. The summed E-state index contributed by atoms with van der Waals surface area (Å²) in [5.41, 5.74) is 0.338. The minimum absolute atomic E-state index is 0.0630. The van der Waals surface area contributed by atoms with E-state index in [1.165, 1.54) is 13.1 Å². The average Bonchev–Trinajstić information content (AvgIpc) is 2.67. The maximum atomic E-state index is 13.4. The molecule has 2 N–H and O–H groups in total. The monoisotopic (exact) mass is 209 g/mol. The first-order chi connectivity index (χ1) is 7.16. The normalized spacial score (nSPS) is 10.3. The van der Waals surface area contributed by atoms with Gasteiger partial charge in [0.05, 0.1) is 5.69 Å². The Morgan fingerprint density at radius 3 is 2.73 bits per heavy atom. The topological polar surface area (TPSA) is 40.7 Å². The summed E-state index contributed by atoms with van der Waals surface area (Å²) in [6, 6.07) is 2.24. The van der Waals surface area contributed by atoms with Crippen molar-refractivity contribution in [1.82, 2.24) is 9.97 Å². The maximum absolute atomic E-state index is 13.4. The minimum atomic E-state index is -0.509. The Bertz CT molecular complexity index is 466. The molecule has 2 rings (SSSR count). The Morgan fingerprint density at radius 2 is 2.07 bits per heavy atom. The Balaban J connectivity index is 2.33. The first-order valence-corrected chi connectivity index (χ1v) is 4.39. The third-order valence-electron chi connectivity index (χ3n) is 2.00. The van der Waals surface area contributed by atoms with Crippen LogP contribution in [0.15, 0.2) is 24.5 Å². The van der Waals surface area contributed by atoms with Crippen LogP contribution in [0.4, 0.5) is 20.4 Å². The van der Waals surface area contributed by atoms with E-state index in [1.807, 2.05) is 0 Å². The first-order valence-electron chi connectivity index (χ1n) is 4.39. The highest BCUT2D eigenvalue weighted by Crippen LogP contribution is 2.21. The lowest BCUT2D eigenvalue weighted by atomic mass is 10.2. The number of aromatic amines is 1. The van der Waals surface area contributed by atoms with E-state index < -0.39 is 11.6 Å². The van der Waals surface area contributed by atoms with Crippen LogP contribution in [-0.2, 0) is 0 Å². The van der Waals surface area contributed by atoms with Crippen LogP contribution in [0.3, 0.4) is 0 Å². The van der Waals surface area contributed by atoms with E-state index in [1.54, 1.807) is 6.20 Å². The second kappa shape index (κ2) is 3.68. The molecule has 0 unspecified atom stereocenters. The number of aryl methyl sites for hydroxylation is 1. The molecule has 1 aromatic carbocycles. The minimum Gasteiger partial charge on any atom is -0.331 e. The molecular formula is C10H9F2N3. The van der Waals surface area contributed by atoms with Gasteiger partial charge in [0.2, 0.25) is 5.95 Å². The third kappa shape index (κ3) is 1.96. The van der Waals surface area contributed by atoms with Crippen molar-refractivity contribution in [3.05, 3.63) is 41.7 Å². The van der Waals surface area contributed by atoms with Gasteiger partial charge < -0.3 is 10.3 Å². The van der Waals surface area contributed by atoms with Crippen molar-refractivity contribution in [2.75, 3.05) is 5.32 Å². The Kier molecular flexibility index (Phi) is 2.37. The van der Waals surface area contributed by atoms with Crippen LogP contribution < -0.4 is 5.32 Å². The van der Waals surface area contributed by atoms with Gasteiger partial charge in [-0.05, 0) is 18.6 Å². The molecule has 0 aliphatic rings. The molecule has 0 fully saturated rings. The van der Waals surface area contributed by atoms with Gasteiger partial charge in [0.1, 0.15) is 11.6 Å². The number of nitrogens with zero attached hydrogens (tertiary/aromatic N) is 1. The van der Waals surface area contributed by atoms with Crippen molar-refractivity contribution in [2.24, 2.45) is 0 Å². The summed E-state index contributed by atoms with van der Waals surface area (Å²) in [5.74, 6) is -0.590. The highest BCUT2D eigenvalue weighted by molar-refractivity contribution is 5.54. The lowest BCUT2D eigenvalue weighted by Crippen LogP contribution is -1.97. The van der Waals surface area contributed by atoms with Crippen LogP contribution in [0.1, 0.15) is 5.56 Å². The van der Waals surface area contributed by atoms with E-state index in [2.05, 4.69) is 15.3 Å². The van der Waals surface area contributed by atoms with Crippen LogP contribution in [0, 0.1) is 18.6 Å². The molecular weight excluding hydrogens is 200 g/mol. The summed E-state index contributed by atoms with van der Waals surface area (Å²) in [4.78, 5) is 6.58. The molecule has 78 valence electrons. The predicted octanol–water partition coefficient (Wildman–Crippen LogP) is 2.74. The van der Waals surface area contributed by atoms with Crippen molar-refractivity contribution >= 4 is 11.6 Å². The zero-order chi connectivity index (χ0) is 10.8. The number of hydrogen-bond donors (Lipinski definition) is 2. The van der Waals surface area contributed by atoms with Gasteiger partial charge >= 0.3 is 0 Å². The molecule has 1 aromatic heterocycles. The Labute approximate surface area is 85.2 Å². The number of H-pyrrole nitrogens is 1. The van der Waals surface area contributed by atoms with Crippen LogP contribution >= 0.6 is 0 Å². The molecule has 15 heavy (non-hydrogen) atoms. The van der Waals surface area contributed by atoms with Gasteiger partial charge in [-0.15, -0.1) is 0 Å². The number of imidazole rings is 1. The number of halogens is 2. The molecule has 0 radical (unpaired) electrons. The molecule has 1 heterocycles. The van der Waals surface area contributed by atoms with Gasteiger partial charge in [0.25, 0.3) is 0 Å². The predicted molar refractivity (Wildman–Crippen MR) is 53.0 cm³/mol. The zero-order valence-electron chi connectivity index (χ0n) is 8.01. The van der Waals surface area contributed by atoms with Gasteiger partial charge in [-0.3, -0.25) is 0 Å². The van der Waals surface area contributed by atoms with E-state index in [0.29, 0.717) is 5.95 Å². The van der Waals surface area contributed by atoms with Gasteiger partial charge in [-0.2, -0.15) is 0 Å². The summed E-state index contributed by atoms with van der Waals surface area (Å²) in [5, 5.41) is 2.64. The number of anilines is 2. The van der Waals surface area contributed by atoms with Crippen molar-refractivity contribution in [3.63, 3.8) is 0 Å². The molecule has 2 aromatic rings. The van der Waals surface area contributed by atoms with Crippen LogP contribution in [0.2, 0.25) is 0 Å². The SMILES string of the molecule is Cc1cc(F)c(Nc2ncc[nH]2)cc1F. The van der Waals surface area contributed by atoms with Gasteiger partial charge in [-0.1, -0.05) is 0 Å². The molecule has 0 bridgehead atoms. The van der Waals surface area contributed by atoms with E-state index >= 15 is 0 Å². The first kappa shape index (κ1) is 9.64. The van der Waals surface area contributed by atoms with Gasteiger partial charge in [0, 0.05) is 18.5 Å². The van der Waals surface area contributed by atoms with Crippen LogP contribution in [-0.4, -0.2) is 9.97 Å². The Hall–Kier alpha value is -1.91. The molecule has 0 aliphatic carbocycles. The van der Waals surface area contributed by atoms with Crippen molar-refractivity contribution in [1.29, 1.82) is 0 Å². The third-order valence-corrected chi connectivity index (χ3v) is 2.00. The Morgan fingerprint density at radius 1 is 1.27 bits per heavy atom. The summed E-state index contributed by atoms with van der Waals surface area (Å²) in [6.45, 7) is 1.51. The second-order valence-corrected chi connectivity index (χ2v) is 3.14. The van der Waals surface area contributed by atoms with Crippen molar-refractivity contribution < 1.29 is 8.78 Å². The molecule has 0 saturated carbocycles. The largest absolute Gasteiger partial charge is 0.331 e. The summed E-state index contributed by atoms with van der Waals surface area (Å²) < 4.78 is 26.5. The summed E-state index contributed by atoms with van der Waals surface area (Å²) in [6.07, 6.45) is 3.11. The van der Waals surface area contributed by atoms with E-state index in [-0.39, 0.29) is 11.3 Å². The summed E-state index contributed by atoms with van der Waals surface area (Å²) in [7, 11) is 0. The lowest BCUT2D eigenvalue weighted by Gasteiger charge is -2.06. The zero-order valence-corrected chi connectivity index (χ0v) is 8.01. The number of aromatic nitrogens is 2. The lowest BCUT2D eigenvalue weighted by molar-refractivity contribution is 0.595. The van der Waals surface area contributed by atoms with Crippen molar-refractivity contribution in [3.8, 4) is 0 Å². The van der Waals surface area contributed by atoms with Crippen molar-refractivity contribution in [2.45, 2.75) is 6.92 Å². The fourth-order valence-electron chi connectivity index (χ4n) is 1.20. The van der Waals surface area contributed by atoms with Crippen LogP contribution in [0.25, 0.3) is 0 Å². The fourth-order valence-corrected chi connectivity index (χ4v) is 1.20. The smallest absolute Gasteiger partial charge is 0.204 e. The second-order valence-electron chi connectivity index (χ2n) is 3.14. The molecule has 5 heteroatoms. The van der Waals surface area contributed by atoms with Gasteiger partial charge in [-0.25, -0.2) is 13.8 Å². The summed E-state index contributed by atoms with van der Waals surface area (Å²) >= 11 is 0. The standard InChI is InChI=1S/C10H9F2N3/c1-6-4-8(12)9(5-7(6)11)15-10-13-2-3-14-10/h2-5H,1H3,(H2,13,14,15). The molecule has 3 nitrogen and oxygen atoms in total. The molecule has 0 spiro atoms. The van der Waals surface area contributed by atoms with E-state index in [0.717, 1.165) is 12.1 Å². The highest BCUT2D eigenvalue weighted by atomic mass is 19.1. The average molecular weight is 209 g/mol. The number of rotatable bonds is 2. The quantitative estimate of drug-likeness (QED) is 0.798. The van der Waals surface area contributed by atoms with Gasteiger partial charge in [0.15, 0.2) is 0 Å². The molecule has 0 amide bonds. The fraction of sp³-hybridized carbons (Fsp3) is 0.100. The molecule has 0 aliphatic heterocycles. The number of nitrogens with one attached hydrogen (secondary N) is 2. The number of benzene rings is 1.